The topological polar surface area (TPSA) is 62.5 Å². The lowest BCUT2D eigenvalue weighted by molar-refractivity contribution is 0.102. The molecule has 4 nitrogen and oxygen atoms in total. The molecular weight excluding hydrogens is 242 g/mol. The molecule has 0 atom stereocenters. The molecule has 0 fully saturated rings. The molecule has 0 spiro atoms. The van der Waals surface area contributed by atoms with Crippen LogP contribution in [0.2, 0.25) is 0 Å². The normalized spacial score (nSPS) is 9.58. The average molecular weight is 255 g/mol. The second-order valence-electron chi connectivity index (χ2n) is 4.01. The third kappa shape index (κ3) is 3.47. The molecule has 2 rings (SSSR count). The van der Waals surface area contributed by atoms with Gasteiger partial charge in [0.25, 0.3) is 5.91 Å². The first-order valence-corrected chi connectivity index (χ1v) is 5.74. The van der Waals surface area contributed by atoms with E-state index in [2.05, 4.69) is 17.2 Å². The Morgan fingerprint density at radius 1 is 1.42 bits per heavy atom. The van der Waals surface area contributed by atoms with Gasteiger partial charge in [0.05, 0.1) is 11.8 Å². The molecular formula is C15H13NO3. The number of nitrogens with one attached hydrogen (secondary N) is 1. The molecule has 96 valence electrons. The summed E-state index contributed by atoms with van der Waals surface area (Å²) >= 11 is 0. The molecule has 0 aliphatic rings. The van der Waals surface area contributed by atoms with Gasteiger partial charge in [-0.05, 0) is 36.8 Å². The monoisotopic (exact) mass is 255 g/mol. The number of carbonyl (C=O) groups excluding carboxylic acids is 1. The summed E-state index contributed by atoms with van der Waals surface area (Å²) in [6.45, 7) is 1.72. The van der Waals surface area contributed by atoms with Crippen LogP contribution in [0.25, 0.3) is 0 Å². The fraction of sp³-hybridized carbons (Fsp3) is 0.133. The van der Waals surface area contributed by atoms with E-state index in [-0.39, 0.29) is 12.5 Å². The van der Waals surface area contributed by atoms with Crippen molar-refractivity contribution in [1.82, 2.24) is 0 Å². The van der Waals surface area contributed by atoms with Crippen molar-refractivity contribution >= 4 is 11.6 Å². The van der Waals surface area contributed by atoms with Gasteiger partial charge in [-0.15, -0.1) is 0 Å². The summed E-state index contributed by atoms with van der Waals surface area (Å²) in [5.41, 5.74) is 2.85. The summed E-state index contributed by atoms with van der Waals surface area (Å²) in [4.78, 5) is 11.9. The third-order valence-corrected chi connectivity index (χ3v) is 2.43. The van der Waals surface area contributed by atoms with Crippen LogP contribution in [0, 0.1) is 18.8 Å². The van der Waals surface area contributed by atoms with Crippen molar-refractivity contribution < 1.29 is 14.3 Å². The standard InChI is InChI=1S/C15H13NO3/c1-11-7-12(3-2-5-17)9-14(8-11)16-15(18)13-4-6-19-10-13/h4,6-10,17H,5H2,1H3,(H,16,18). The number of carbonyl (C=O) groups is 1. The molecule has 4 heteroatoms. The zero-order valence-corrected chi connectivity index (χ0v) is 10.4. The van der Waals surface area contributed by atoms with E-state index in [0.29, 0.717) is 11.3 Å². The summed E-state index contributed by atoms with van der Waals surface area (Å²) in [6.07, 6.45) is 2.83. The van der Waals surface area contributed by atoms with Crippen LogP contribution in [0.15, 0.2) is 41.2 Å². The molecule has 1 amide bonds. The molecule has 19 heavy (non-hydrogen) atoms. The zero-order chi connectivity index (χ0) is 13.7. The Hall–Kier alpha value is -2.51. The third-order valence-electron chi connectivity index (χ3n) is 2.43. The van der Waals surface area contributed by atoms with Gasteiger partial charge in [0.15, 0.2) is 0 Å². The summed E-state index contributed by atoms with van der Waals surface area (Å²) < 4.78 is 4.86. The number of aryl methyl sites for hydroxylation is 1. The van der Waals surface area contributed by atoms with Crippen molar-refractivity contribution in [3.8, 4) is 11.8 Å². The lowest BCUT2D eigenvalue weighted by Crippen LogP contribution is -2.11. The van der Waals surface area contributed by atoms with Gasteiger partial charge in [-0.1, -0.05) is 11.8 Å². The van der Waals surface area contributed by atoms with Crippen LogP contribution in [0.1, 0.15) is 21.5 Å². The first kappa shape index (κ1) is 12.9. The lowest BCUT2D eigenvalue weighted by Gasteiger charge is -2.05. The van der Waals surface area contributed by atoms with Gasteiger partial charge in [-0.3, -0.25) is 4.79 Å². The molecule has 0 saturated heterocycles. The van der Waals surface area contributed by atoms with Crippen LogP contribution in [-0.2, 0) is 0 Å². The van der Waals surface area contributed by atoms with Crippen LogP contribution in [0.5, 0.6) is 0 Å². The fourth-order valence-electron chi connectivity index (χ4n) is 1.67. The number of furan rings is 1. The highest BCUT2D eigenvalue weighted by atomic mass is 16.3. The Labute approximate surface area is 111 Å². The molecule has 0 aliphatic heterocycles. The predicted octanol–water partition coefficient (Wildman–Crippen LogP) is 2.18. The minimum absolute atomic E-state index is 0.190. The Morgan fingerprint density at radius 3 is 2.95 bits per heavy atom. The van der Waals surface area contributed by atoms with Gasteiger partial charge >= 0.3 is 0 Å². The van der Waals surface area contributed by atoms with Gasteiger partial charge in [0.2, 0.25) is 0 Å². The average Bonchev–Trinajstić information content (AvgIpc) is 2.89. The summed E-state index contributed by atoms with van der Waals surface area (Å²) in [5, 5.41) is 11.5. The van der Waals surface area contributed by atoms with E-state index in [1.54, 1.807) is 12.1 Å². The van der Waals surface area contributed by atoms with E-state index < -0.39 is 0 Å². The van der Waals surface area contributed by atoms with Gasteiger partial charge in [0, 0.05) is 11.3 Å². The largest absolute Gasteiger partial charge is 0.472 e. The van der Waals surface area contributed by atoms with E-state index in [4.69, 9.17) is 9.52 Å². The van der Waals surface area contributed by atoms with Crippen LogP contribution < -0.4 is 5.32 Å². The second-order valence-corrected chi connectivity index (χ2v) is 4.01. The number of benzene rings is 1. The number of hydrogen-bond donors (Lipinski definition) is 2. The van der Waals surface area contributed by atoms with Crippen molar-refractivity contribution in [2.24, 2.45) is 0 Å². The zero-order valence-electron chi connectivity index (χ0n) is 10.4. The van der Waals surface area contributed by atoms with E-state index in [1.165, 1.54) is 12.5 Å². The molecule has 2 N–H and O–H groups in total. The number of anilines is 1. The maximum Gasteiger partial charge on any atom is 0.258 e. The molecule has 0 bridgehead atoms. The summed E-state index contributed by atoms with van der Waals surface area (Å²) in [6, 6.07) is 7.09. The summed E-state index contributed by atoms with van der Waals surface area (Å²) in [5.74, 6) is 5.16. The predicted molar refractivity (Wildman–Crippen MR) is 71.8 cm³/mol. The minimum Gasteiger partial charge on any atom is -0.472 e. The van der Waals surface area contributed by atoms with Crippen molar-refractivity contribution in [3.63, 3.8) is 0 Å². The highest BCUT2D eigenvalue weighted by Crippen LogP contribution is 2.15. The minimum atomic E-state index is -0.236. The smallest absolute Gasteiger partial charge is 0.258 e. The number of amides is 1. The number of aliphatic hydroxyl groups is 1. The molecule has 0 radical (unpaired) electrons. The van der Waals surface area contributed by atoms with Crippen LogP contribution >= 0.6 is 0 Å². The molecule has 2 aromatic rings. The number of aliphatic hydroxyl groups excluding tert-OH is 1. The van der Waals surface area contributed by atoms with E-state index >= 15 is 0 Å². The molecule has 1 aromatic carbocycles. The van der Waals surface area contributed by atoms with E-state index in [9.17, 15) is 4.79 Å². The Bertz CT molecular complexity index is 633. The highest BCUT2D eigenvalue weighted by molar-refractivity contribution is 6.04. The number of rotatable bonds is 2. The molecule has 1 aromatic heterocycles. The number of hydrogen-bond acceptors (Lipinski definition) is 3. The Morgan fingerprint density at radius 2 is 2.26 bits per heavy atom. The Kier molecular flexibility index (Phi) is 4.01. The van der Waals surface area contributed by atoms with E-state index in [1.807, 2.05) is 19.1 Å². The van der Waals surface area contributed by atoms with Gasteiger partial charge in [-0.2, -0.15) is 0 Å². The van der Waals surface area contributed by atoms with Crippen LogP contribution in [-0.4, -0.2) is 17.6 Å². The highest BCUT2D eigenvalue weighted by Gasteiger charge is 2.07. The fourth-order valence-corrected chi connectivity index (χ4v) is 1.67. The van der Waals surface area contributed by atoms with Crippen molar-refractivity contribution in [3.05, 3.63) is 53.5 Å². The van der Waals surface area contributed by atoms with Crippen LogP contribution in [0.4, 0.5) is 5.69 Å². The maximum absolute atomic E-state index is 11.9. The molecule has 0 unspecified atom stereocenters. The van der Waals surface area contributed by atoms with Crippen molar-refractivity contribution in [2.75, 3.05) is 11.9 Å². The Balaban J connectivity index is 2.20. The summed E-state index contributed by atoms with van der Waals surface area (Å²) in [7, 11) is 0. The van der Waals surface area contributed by atoms with Crippen LogP contribution in [0.3, 0.4) is 0 Å². The van der Waals surface area contributed by atoms with Gasteiger partial charge < -0.3 is 14.8 Å². The molecule has 1 heterocycles. The van der Waals surface area contributed by atoms with Crippen molar-refractivity contribution in [1.29, 1.82) is 0 Å². The molecule has 0 saturated carbocycles. The van der Waals surface area contributed by atoms with E-state index in [0.717, 1.165) is 11.1 Å². The SMILES string of the molecule is Cc1cc(C#CCO)cc(NC(=O)c2ccoc2)c1. The van der Waals surface area contributed by atoms with Gasteiger partial charge in [0.1, 0.15) is 12.9 Å². The lowest BCUT2D eigenvalue weighted by atomic mass is 10.1. The van der Waals surface area contributed by atoms with Crippen molar-refractivity contribution in [2.45, 2.75) is 6.92 Å². The quantitative estimate of drug-likeness (QED) is 0.808. The van der Waals surface area contributed by atoms with Gasteiger partial charge in [-0.25, -0.2) is 0 Å². The second kappa shape index (κ2) is 5.89. The molecule has 0 aliphatic carbocycles. The first-order chi connectivity index (χ1) is 9.19. The first-order valence-electron chi connectivity index (χ1n) is 5.74. The maximum atomic E-state index is 11.9.